The molecule has 0 radical (unpaired) electrons. The fraction of sp³-hybridized carbons (Fsp3) is 0.333. The van der Waals surface area contributed by atoms with Crippen LogP contribution in [0.1, 0.15) is 18.8 Å². The van der Waals surface area contributed by atoms with Crippen molar-refractivity contribution in [1.29, 1.82) is 0 Å². The Hall–Kier alpha value is -1.97. The Morgan fingerprint density at radius 3 is 2.67 bits per heavy atom. The van der Waals surface area contributed by atoms with E-state index in [9.17, 15) is 8.42 Å². The van der Waals surface area contributed by atoms with Gasteiger partial charge in [-0.05, 0) is 31.2 Å². The van der Waals surface area contributed by atoms with E-state index in [1.54, 1.807) is 19.1 Å². The second-order valence-electron chi connectivity index (χ2n) is 4.32. The minimum atomic E-state index is -3.64. The van der Waals surface area contributed by atoms with Crippen molar-refractivity contribution >= 4 is 10.0 Å². The van der Waals surface area contributed by atoms with Crippen LogP contribution in [0.3, 0.4) is 0 Å². The van der Waals surface area contributed by atoms with E-state index in [0.717, 1.165) is 0 Å². The summed E-state index contributed by atoms with van der Waals surface area (Å²) in [5.41, 5.74) is 5.33. The number of aromatic nitrogens is 3. The molecule has 0 bridgehead atoms. The molecule has 1 unspecified atom stereocenters. The number of nitrogens with zero attached hydrogens (tertiary/aromatic N) is 2. The molecular weight excluding hydrogens is 294 g/mol. The molecular formula is C12H17N5O3S. The standard InChI is InChI=1S/C12H17N5O3S/c1-9(12-14-8-15-16-12)17-21(18,19)11-4-2-10(3-5-11)20-7-6-13/h2-5,8-9,17H,6-7,13H2,1H3,(H,14,15,16). The molecule has 9 heteroatoms. The highest BCUT2D eigenvalue weighted by Gasteiger charge is 2.19. The van der Waals surface area contributed by atoms with E-state index in [1.807, 2.05) is 0 Å². The molecule has 0 saturated heterocycles. The largest absolute Gasteiger partial charge is 0.492 e. The van der Waals surface area contributed by atoms with Crippen LogP contribution in [-0.2, 0) is 10.0 Å². The molecule has 0 amide bonds. The van der Waals surface area contributed by atoms with E-state index < -0.39 is 16.1 Å². The maximum Gasteiger partial charge on any atom is 0.241 e. The van der Waals surface area contributed by atoms with Gasteiger partial charge in [0.2, 0.25) is 10.0 Å². The first-order valence-corrected chi connectivity index (χ1v) is 7.82. The zero-order valence-electron chi connectivity index (χ0n) is 11.5. The minimum absolute atomic E-state index is 0.147. The van der Waals surface area contributed by atoms with E-state index in [-0.39, 0.29) is 4.90 Å². The topological polar surface area (TPSA) is 123 Å². The van der Waals surface area contributed by atoms with E-state index >= 15 is 0 Å². The zero-order chi connectivity index (χ0) is 15.3. The van der Waals surface area contributed by atoms with Crippen molar-refractivity contribution in [2.75, 3.05) is 13.2 Å². The second-order valence-corrected chi connectivity index (χ2v) is 6.04. The average Bonchev–Trinajstić information content (AvgIpc) is 2.99. The van der Waals surface area contributed by atoms with Crippen LogP contribution in [0.5, 0.6) is 5.75 Å². The summed E-state index contributed by atoms with van der Waals surface area (Å²) in [5, 5.41) is 6.31. The van der Waals surface area contributed by atoms with Gasteiger partial charge in [0.25, 0.3) is 0 Å². The van der Waals surface area contributed by atoms with Crippen molar-refractivity contribution in [3.05, 3.63) is 36.4 Å². The lowest BCUT2D eigenvalue weighted by Gasteiger charge is -2.12. The van der Waals surface area contributed by atoms with Crippen molar-refractivity contribution in [3.8, 4) is 5.75 Å². The van der Waals surface area contributed by atoms with Crippen LogP contribution in [0.25, 0.3) is 0 Å². The Labute approximate surface area is 122 Å². The third kappa shape index (κ3) is 4.00. The van der Waals surface area contributed by atoms with Gasteiger partial charge in [-0.1, -0.05) is 0 Å². The van der Waals surface area contributed by atoms with E-state index in [0.29, 0.717) is 24.7 Å². The number of sulfonamides is 1. The van der Waals surface area contributed by atoms with E-state index in [2.05, 4.69) is 19.9 Å². The predicted molar refractivity (Wildman–Crippen MR) is 76.1 cm³/mol. The minimum Gasteiger partial charge on any atom is -0.492 e. The Morgan fingerprint density at radius 2 is 2.10 bits per heavy atom. The van der Waals surface area contributed by atoms with E-state index in [1.165, 1.54) is 18.5 Å². The number of hydrogen-bond acceptors (Lipinski definition) is 6. The van der Waals surface area contributed by atoms with Crippen LogP contribution in [-0.4, -0.2) is 36.8 Å². The zero-order valence-corrected chi connectivity index (χ0v) is 12.3. The van der Waals surface area contributed by atoms with Gasteiger partial charge in [0.15, 0.2) is 0 Å². The first kappa shape index (κ1) is 15.4. The molecule has 0 aliphatic heterocycles. The van der Waals surface area contributed by atoms with Crippen molar-refractivity contribution in [2.45, 2.75) is 17.9 Å². The molecule has 0 aliphatic rings. The third-order valence-electron chi connectivity index (χ3n) is 2.70. The lowest BCUT2D eigenvalue weighted by atomic mass is 10.3. The smallest absolute Gasteiger partial charge is 0.241 e. The summed E-state index contributed by atoms with van der Waals surface area (Å²) in [6.45, 7) is 2.46. The van der Waals surface area contributed by atoms with Gasteiger partial charge in [-0.3, -0.25) is 5.10 Å². The van der Waals surface area contributed by atoms with Gasteiger partial charge in [-0.25, -0.2) is 18.1 Å². The molecule has 114 valence electrons. The number of nitrogens with two attached hydrogens (primary N) is 1. The summed E-state index contributed by atoms with van der Waals surface area (Å²) >= 11 is 0. The number of rotatable bonds is 7. The highest BCUT2D eigenvalue weighted by Crippen LogP contribution is 2.18. The van der Waals surface area contributed by atoms with Gasteiger partial charge in [-0.15, -0.1) is 0 Å². The molecule has 1 atom stereocenters. The van der Waals surface area contributed by atoms with Gasteiger partial charge in [0.05, 0.1) is 10.9 Å². The molecule has 2 rings (SSSR count). The van der Waals surface area contributed by atoms with Crippen LogP contribution in [0.4, 0.5) is 0 Å². The quantitative estimate of drug-likeness (QED) is 0.670. The summed E-state index contributed by atoms with van der Waals surface area (Å²) in [6, 6.07) is 5.61. The number of nitrogens with one attached hydrogen (secondary N) is 2. The third-order valence-corrected chi connectivity index (χ3v) is 4.25. The van der Waals surface area contributed by atoms with Crippen molar-refractivity contribution in [3.63, 3.8) is 0 Å². The molecule has 8 nitrogen and oxygen atoms in total. The Balaban J connectivity index is 2.08. The number of hydrogen-bond donors (Lipinski definition) is 3. The summed E-state index contributed by atoms with van der Waals surface area (Å²) in [6.07, 6.45) is 1.32. The summed E-state index contributed by atoms with van der Waals surface area (Å²) < 4.78 is 32.3. The number of benzene rings is 1. The average molecular weight is 311 g/mol. The fourth-order valence-electron chi connectivity index (χ4n) is 1.67. The Kier molecular flexibility index (Phi) is 4.89. The van der Waals surface area contributed by atoms with Crippen LogP contribution in [0, 0.1) is 0 Å². The number of ether oxygens (including phenoxy) is 1. The highest BCUT2D eigenvalue weighted by atomic mass is 32.2. The van der Waals surface area contributed by atoms with Gasteiger partial charge in [0.1, 0.15) is 24.5 Å². The molecule has 1 aromatic carbocycles. The first-order chi connectivity index (χ1) is 10.0. The molecule has 0 spiro atoms. The van der Waals surface area contributed by atoms with E-state index in [4.69, 9.17) is 10.5 Å². The Bertz CT molecular complexity index is 655. The molecule has 0 saturated carbocycles. The maximum absolute atomic E-state index is 12.2. The van der Waals surface area contributed by atoms with Crippen LogP contribution < -0.4 is 15.2 Å². The predicted octanol–water partition coefficient (Wildman–Crippen LogP) is 0.182. The van der Waals surface area contributed by atoms with Gasteiger partial charge in [0, 0.05) is 6.54 Å². The lowest BCUT2D eigenvalue weighted by molar-refractivity contribution is 0.328. The summed E-state index contributed by atoms with van der Waals surface area (Å²) in [5.74, 6) is 1.02. The van der Waals surface area contributed by atoms with Crippen LogP contribution in [0.15, 0.2) is 35.5 Å². The SMILES string of the molecule is CC(NS(=O)(=O)c1ccc(OCCN)cc1)c1ncn[nH]1. The summed E-state index contributed by atoms with van der Waals surface area (Å²) in [7, 11) is -3.64. The summed E-state index contributed by atoms with van der Waals surface area (Å²) in [4.78, 5) is 4.06. The Morgan fingerprint density at radius 1 is 1.38 bits per heavy atom. The fourth-order valence-corrected chi connectivity index (χ4v) is 2.88. The number of aromatic amines is 1. The molecule has 0 aliphatic carbocycles. The second kappa shape index (κ2) is 6.66. The number of H-pyrrole nitrogens is 1. The molecule has 21 heavy (non-hydrogen) atoms. The molecule has 0 fully saturated rings. The van der Waals surface area contributed by atoms with Crippen molar-refractivity contribution < 1.29 is 13.2 Å². The lowest BCUT2D eigenvalue weighted by Crippen LogP contribution is -2.27. The van der Waals surface area contributed by atoms with Crippen LogP contribution in [0.2, 0.25) is 0 Å². The van der Waals surface area contributed by atoms with Gasteiger partial charge in [-0.2, -0.15) is 5.10 Å². The first-order valence-electron chi connectivity index (χ1n) is 6.33. The molecule has 1 heterocycles. The normalized spacial score (nSPS) is 13.0. The van der Waals surface area contributed by atoms with Crippen molar-refractivity contribution in [2.24, 2.45) is 5.73 Å². The van der Waals surface area contributed by atoms with Crippen molar-refractivity contribution in [1.82, 2.24) is 19.9 Å². The van der Waals surface area contributed by atoms with Gasteiger partial charge < -0.3 is 10.5 Å². The maximum atomic E-state index is 12.2. The highest BCUT2D eigenvalue weighted by molar-refractivity contribution is 7.89. The molecule has 2 aromatic rings. The molecule has 4 N–H and O–H groups in total. The monoisotopic (exact) mass is 311 g/mol. The van der Waals surface area contributed by atoms with Crippen LogP contribution >= 0.6 is 0 Å². The molecule has 1 aromatic heterocycles. The van der Waals surface area contributed by atoms with Gasteiger partial charge >= 0.3 is 0 Å².